The van der Waals surface area contributed by atoms with Crippen molar-refractivity contribution in [1.82, 2.24) is 0 Å². The lowest BCUT2D eigenvalue weighted by atomic mass is 10.0. The van der Waals surface area contributed by atoms with Gasteiger partial charge in [0.1, 0.15) is 0 Å². The summed E-state index contributed by atoms with van der Waals surface area (Å²) in [4.78, 5) is 8.78. The summed E-state index contributed by atoms with van der Waals surface area (Å²) in [5.41, 5.74) is 2.17. The maximum atomic E-state index is 6.07. The monoisotopic (exact) mass is 254 g/mol. The van der Waals surface area contributed by atoms with Gasteiger partial charge < -0.3 is 0 Å². The summed E-state index contributed by atoms with van der Waals surface area (Å²) in [5, 5.41) is 2.70. The summed E-state index contributed by atoms with van der Waals surface area (Å²) in [5.74, 6) is 0.762. The van der Waals surface area contributed by atoms with Crippen molar-refractivity contribution in [2.24, 2.45) is 9.98 Å². The van der Waals surface area contributed by atoms with Gasteiger partial charge in [0.05, 0.1) is 5.36 Å². The molecule has 0 atom stereocenters. The van der Waals surface area contributed by atoms with Crippen molar-refractivity contribution in [3.8, 4) is 0 Å². The standard InChI is InChI=1S/C15H11ClN2/c1-17-15-14(10-5-3-2-4-6-10)12-9-11(16)7-8-13(12)18-15/h2-9H,1H3. The van der Waals surface area contributed by atoms with E-state index < -0.39 is 0 Å². The lowest BCUT2D eigenvalue weighted by molar-refractivity contribution is 1.36. The summed E-state index contributed by atoms with van der Waals surface area (Å²) in [6.45, 7) is 0. The number of rotatable bonds is 1. The van der Waals surface area contributed by atoms with E-state index >= 15 is 0 Å². The third-order valence-corrected chi connectivity index (χ3v) is 3.19. The Hall–Kier alpha value is -1.93. The average Bonchev–Trinajstić information content (AvgIpc) is 2.77. The number of hydrogen-bond acceptors (Lipinski definition) is 1. The molecule has 2 aromatic carbocycles. The van der Waals surface area contributed by atoms with E-state index in [0.29, 0.717) is 0 Å². The second-order valence-electron chi connectivity index (χ2n) is 4.06. The lowest BCUT2D eigenvalue weighted by Crippen LogP contribution is -2.22. The number of halogens is 1. The zero-order valence-corrected chi connectivity index (χ0v) is 10.6. The fourth-order valence-electron chi connectivity index (χ4n) is 2.15. The topological polar surface area (TPSA) is 24.7 Å². The van der Waals surface area contributed by atoms with E-state index in [1.165, 1.54) is 0 Å². The van der Waals surface area contributed by atoms with E-state index in [9.17, 15) is 0 Å². The number of hydrogen-bond donors (Lipinski definition) is 0. The van der Waals surface area contributed by atoms with Gasteiger partial charge in [-0.1, -0.05) is 41.9 Å². The molecule has 1 heterocycles. The van der Waals surface area contributed by atoms with Gasteiger partial charge in [-0.15, -0.1) is 0 Å². The van der Waals surface area contributed by atoms with Crippen molar-refractivity contribution in [3.05, 3.63) is 69.7 Å². The van der Waals surface area contributed by atoms with E-state index in [1.54, 1.807) is 7.05 Å². The van der Waals surface area contributed by atoms with Crippen molar-refractivity contribution < 1.29 is 0 Å². The van der Waals surface area contributed by atoms with Crippen LogP contribution in [0.3, 0.4) is 0 Å². The van der Waals surface area contributed by atoms with Crippen molar-refractivity contribution in [3.63, 3.8) is 0 Å². The van der Waals surface area contributed by atoms with Crippen LogP contribution in [0.25, 0.3) is 5.57 Å². The molecule has 0 spiro atoms. The van der Waals surface area contributed by atoms with Crippen molar-refractivity contribution in [1.29, 1.82) is 0 Å². The van der Waals surface area contributed by atoms with Gasteiger partial charge in [-0.2, -0.15) is 0 Å². The fraction of sp³-hybridized carbons (Fsp3) is 0.0667. The first-order valence-electron chi connectivity index (χ1n) is 5.71. The molecule has 2 nitrogen and oxygen atoms in total. The van der Waals surface area contributed by atoms with Gasteiger partial charge in [0.2, 0.25) is 0 Å². The molecule has 1 aliphatic heterocycles. The second kappa shape index (κ2) is 4.39. The molecular formula is C15H11ClN2. The molecule has 0 unspecified atom stereocenters. The molecule has 1 aliphatic rings. The van der Waals surface area contributed by atoms with Crippen LogP contribution in [0.5, 0.6) is 0 Å². The van der Waals surface area contributed by atoms with Crippen molar-refractivity contribution in [2.45, 2.75) is 0 Å². The van der Waals surface area contributed by atoms with Gasteiger partial charge >= 0.3 is 0 Å². The van der Waals surface area contributed by atoms with Gasteiger partial charge in [0.15, 0.2) is 5.84 Å². The largest absolute Gasteiger partial charge is 0.270 e. The molecule has 0 fully saturated rings. The van der Waals surface area contributed by atoms with E-state index in [1.807, 2.05) is 36.4 Å². The second-order valence-corrected chi connectivity index (χ2v) is 4.50. The molecule has 2 aromatic rings. The van der Waals surface area contributed by atoms with Crippen molar-refractivity contribution in [2.75, 3.05) is 7.05 Å². The molecule has 0 amide bonds. The highest BCUT2D eigenvalue weighted by Crippen LogP contribution is 2.16. The first kappa shape index (κ1) is 11.2. The molecule has 3 heteroatoms. The van der Waals surface area contributed by atoms with Crippen LogP contribution < -0.4 is 10.6 Å². The number of nitrogens with zero attached hydrogens (tertiary/aromatic N) is 2. The summed E-state index contributed by atoms with van der Waals surface area (Å²) >= 11 is 6.07. The van der Waals surface area contributed by atoms with Gasteiger partial charge in [0, 0.05) is 22.9 Å². The van der Waals surface area contributed by atoms with Gasteiger partial charge in [-0.05, 0) is 23.8 Å². The Balaban J connectivity index is 2.41. The van der Waals surface area contributed by atoms with E-state index in [4.69, 9.17) is 11.6 Å². The predicted octanol–water partition coefficient (Wildman–Crippen LogP) is 2.20. The quantitative estimate of drug-likeness (QED) is 0.746. The Bertz CT molecular complexity index is 746. The van der Waals surface area contributed by atoms with Crippen LogP contribution in [-0.2, 0) is 0 Å². The van der Waals surface area contributed by atoms with Gasteiger partial charge in [-0.25, -0.2) is 4.99 Å². The number of aliphatic imine (C=N–C) groups is 1. The minimum absolute atomic E-state index is 0.717. The molecule has 3 rings (SSSR count). The molecule has 0 aromatic heterocycles. The molecule has 88 valence electrons. The third-order valence-electron chi connectivity index (χ3n) is 2.95. The highest BCUT2D eigenvalue weighted by molar-refractivity contribution is 6.31. The summed E-state index contributed by atoms with van der Waals surface area (Å²) in [7, 11) is 1.76. The molecule has 0 aliphatic carbocycles. The van der Waals surface area contributed by atoms with E-state index in [2.05, 4.69) is 22.1 Å². The van der Waals surface area contributed by atoms with Gasteiger partial charge in [0.25, 0.3) is 0 Å². The fourth-order valence-corrected chi connectivity index (χ4v) is 2.32. The first-order valence-corrected chi connectivity index (χ1v) is 6.08. The highest BCUT2D eigenvalue weighted by atomic mass is 35.5. The van der Waals surface area contributed by atoms with Crippen LogP contribution in [0.1, 0.15) is 5.56 Å². The van der Waals surface area contributed by atoms with E-state index in [0.717, 1.165) is 32.6 Å². The Morgan fingerprint density at radius 2 is 1.83 bits per heavy atom. The maximum Gasteiger partial charge on any atom is 0.156 e. The molecule has 0 saturated heterocycles. The molecule has 0 saturated carbocycles. The van der Waals surface area contributed by atoms with Gasteiger partial charge in [-0.3, -0.25) is 4.99 Å². The number of benzene rings is 2. The summed E-state index contributed by atoms with van der Waals surface area (Å²) in [6, 6.07) is 15.9. The minimum Gasteiger partial charge on any atom is -0.270 e. The lowest BCUT2D eigenvalue weighted by Gasteiger charge is -2.02. The Kier molecular flexibility index (Phi) is 2.73. The van der Waals surface area contributed by atoms with E-state index in [-0.39, 0.29) is 0 Å². The van der Waals surface area contributed by atoms with Crippen LogP contribution in [0.4, 0.5) is 0 Å². The molecule has 18 heavy (non-hydrogen) atoms. The summed E-state index contributed by atoms with van der Waals surface area (Å²) in [6.07, 6.45) is 0. The Morgan fingerprint density at radius 1 is 1.06 bits per heavy atom. The maximum absolute atomic E-state index is 6.07. The molecular weight excluding hydrogens is 244 g/mol. The number of amidine groups is 1. The average molecular weight is 255 g/mol. The smallest absolute Gasteiger partial charge is 0.156 e. The SMILES string of the molecule is CN=C1N=c2ccc(Cl)cc2=C1c1ccccc1. The van der Waals surface area contributed by atoms with Crippen LogP contribution >= 0.6 is 11.6 Å². The Labute approximate surface area is 110 Å². The highest BCUT2D eigenvalue weighted by Gasteiger charge is 2.15. The molecule has 0 bridgehead atoms. The Morgan fingerprint density at radius 3 is 2.56 bits per heavy atom. The normalized spacial score (nSPS) is 15.7. The third kappa shape index (κ3) is 1.75. The first-order chi connectivity index (χ1) is 8.79. The van der Waals surface area contributed by atoms with Crippen LogP contribution in [0, 0.1) is 0 Å². The van der Waals surface area contributed by atoms with Crippen LogP contribution in [0.15, 0.2) is 58.5 Å². The van der Waals surface area contributed by atoms with Crippen molar-refractivity contribution >= 4 is 23.0 Å². The predicted molar refractivity (Wildman–Crippen MR) is 74.5 cm³/mol. The zero-order chi connectivity index (χ0) is 12.5. The number of fused-ring (bicyclic) bond motifs is 1. The molecule has 0 N–H and O–H groups in total. The molecule has 0 radical (unpaired) electrons. The minimum atomic E-state index is 0.717. The summed E-state index contributed by atoms with van der Waals surface area (Å²) < 4.78 is 0. The zero-order valence-electron chi connectivity index (χ0n) is 9.89. The van der Waals surface area contributed by atoms with Crippen LogP contribution in [0.2, 0.25) is 5.02 Å². The van der Waals surface area contributed by atoms with Crippen LogP contribution in [-0.4, -0.2) is 12.9 Å².